The summed E-state index contributed by atoms with van der Waals surface area (Å²) < 4.78 is 11.1. The number of anilines is 1. The van der Waals surface area contributed by atoms with Crippen molar-refractivity contribution in [2.24, 2.45) is 0 Å². The predicted octanol–water partition coefficient (Wildman–Crippen LogP) is 4.38. The highest BCUT2D eigenvalue weighted by Crippen LogP contribution is 2.40. The first-order valence-electron chi connectivity index (χ1n) is 11.5. The largest absolute Gasteiger partial charge is 0.445 e. The zero-order valence-electron chi connectivity index (χ0n) is 19.3. The summed E-state index contributed by atoms with van der Waals surface area (Å²) in [6.07, 6.45) is 1.55. The average molecular weight is 471 g/mol. The molecule has 0 spiro atoms. The number of rotatable bonds is 3. The highest BCUT2D eigenvalue weighted by molar-refractivity contribution is 7.15. The number of fused-ring (bicyclic) bond motifs is 3. The van der Waals surface area contributed by atoms with Gasteiger partial charge in [-0.15, -0.1) is 0 Å². The maximum Gasteiger partial charge on any atom is 0.410 e. The van der Waals surface area contributed by atoms with Crippen LogP contribution in [-0.4, -0.2) is 57.7 Å². The molecule has 33 heavy (non-hydrogen) atoms. The molecule has 0 N–H and O–H groups in total. The molecule has 2 bridgehead atoms. The molecule has 0 radical (unpaired) electrons. The van der Waals surface area contributed by atoms with Gasteiger partial charge in [-0.25, -0.2) is 14.6 Å². The van der Waals surface area contributed by atoms with E-state index in [4.69, 9.17) is 14.5 Å². The first-order valence-corrected chi connectivity index (χ1v) is 12.3. The number of hydrogen-bond acceptors (Lipinski definition) is 7. The minimum atomic E-state index is -0.507. The summed E-state index contributed by atoms with van der Waals surface area (Å²) in [6, 6.07) is 10.3. The minimum Gasteiger partial charge on any atom is -0.445 e. The normalized spacial score (nSPS) is 21.8. The Morgan fingerprint density at radius 2 is 1.73 bits per heavy atom. The number of hydrogen-bond donors (Lipinski definition) is 0. The van der Waals surface area contributed by atoms with Gasteiger partial charge in [0.25, 0.3) is 0 Å². The van der Waals surface area contributed by atoms with Crippen molar-refractivity contribution in [3.8, 4) is 0 Å². The highest BCUT2D eigenvalue weighted by atomic mass is 32.1. The molecule has 2 atom stereocenters. The fraction of sp³-hybridized carbons (Fsp3) is 0.542. The molecule has 8 nitrogen and oxygen atoms in total. The lowest BCUT2D eigenvalue weighted by Gasteiger charge is -2.40. The smallest absolute Gasteiger partial charge is 0.410 e. The van der Waals surface area contributed by atoms with E-state index < -0.39 is 5.60 Å². The number of benzene rings is 1. The first-order chi connectivity index (χ1) is 15.8. The Kier molecular flexibility index (Phi) is 5.68. The molecule has 3 aliphatic heterocycles. The van der Waals surface area contributed by atoms with Gasteiger partial charge in [0.15, 0.2) is 5.13 Å². The number of ether oxygens (including phenoxy) is 2. The molecule has 0 aliphatic carbocycles. The van der Waals surface area contributed by atoms with Crippen molar-refractivity contribution < 1.29 is 19.1 Å². The molecule has 5 rings (SSSR count). The van der Waals surface area contributed by atoms with Crippen molar-refractivity contribution in [2.75, 3.05) is 18.0 Å². The lowest BCUT2D eigenvalue weighted by atomic mass is 10.2. The van der Waals surface area contributed by atoms with Crippen molar-refractivity contribution >= 4 is 28.7 Å². The van der Waals surface area contributed by atoms with Crippen LogP contribution < -0.4 is 4.90 Å². The van der Waals surface area contributed by atoms with E-state index in [1.807, 2.05) is 56.0 Å². The maximum atomic E-state index is 12.7. The molecule has 3 aliphatic rings. The number of carbonyl (C=O) groups excluding carboxylic acids is 2. The van der Waals surface area contributed by atoms with Gasteiger partial charge in [-0.3, -0.25) is 4.90 Å². The van der Waals surface area contributed by atoms with E-state index >= 15 is 0 Å². The summed E-state index contributed by atoms with van der Waals surface area (Å²) in [5, 5.41) is 1.01. The standard InChI is InChI=1S/C24H30N4O4S/c1-24(2,3)32-23(30)27-13-19-20(14-27)33-21(25-19)28-17-9-10-18(28)12-26(11-17)22(29)31-15-16-7-5-4-6-8-16/h4-8,17-18H,9-15H2,1-3H3. The number of nitrogens with zero attached hydrogens (tertiary/aromatic N) is 4. The number of likely N-dealkylation sites (tertiary alicyclic amines) is 1. The fourth-order valence-corrected chi connectivity index (χ4v) is 6.00. The first kappa shape index (κ1) is 22.0. The number of carbonyl (C=O) groups is 2. The summed E-state index contributed by atoms with van der Waals surface area (Å²) >= 11 is 1.66. The molecule has 9 heteroatoms. The van der Waals surface area contributed by atoms with E-state index in [0.717, 1.165) is 34.1 Å². The van der Waals surface area contributed by atoms with Gasteiger partial charge in [0.2, 0.25) is 0 Å². The molecule has 2 fully saturated rings. The summed E-state index contributed by atoms with van der Waals surface area (Å²) in [4.78, 5) is 37.0. The van der Waals surface area contributed by atoms with E-state index in [2.05, 4.69) is 4.90 Å². The summed E-state index contributed by atoms with van der Waals surface area (Å²) in [5.41, 5.74) is 1.45. The predicted molar refractivity (Wildman–Crippen MR) is 125 cm³/mol. The van der Waals surface area contributed by atoms with Gasteiger partial charge in [0.1, 0.15) is 12.2 Å². The molecule has 0 saturated carbocycles. The van der Waals surface area contributed by atoms with Crippen LogP contribution >= 0.6 is 11.3 Å². The van der Waals surface area contributed by atoms with E-state index in [0.29, 0.717) is 32.8 Å². The second-order valence-corrected chi connectivity index (χ2v) is 11.0. The van der Waals surface area contributed by atoms with Crippen LogP contribution in [-0.2, 0) is 29.2 Å². The zero-order valence-corrected chi connectivity index (χ0v) is 20.1. The van der Waals surface area contributed by atoms with Crippen molar-refractivity contribution in [3.05, 3.63) is 46.5 Å². The van der Waals surface area contributed by atoms with Gasteiger partial charge in [-0.2, -0.15) is 0 Å². The molecule has 1 aromatic carbocycles. The lowest BCUT2D eigenvalue weighted by molar-refractivity contribution is 0.0241. The van der Waals surface area contributed by atoms with E-state index in [1.54, 1.807) is 16.2 Å². The second kappa shape index (κ2) is 8.52. The Labute approximate surface area is 198 Å². The number of thiazole rings is 1. The molecular formula is C24H30N4O4S. The van der Waals surface area contributed by atoms with Crippen LogP contribution in [0.15, 0.2) is 30.3 Å². The third-order valence-electron chi connectivity index (χ3n) is 6.26. The van der Waals surface area contributed by atoms with Crippen LogP contribution in [0, 0.1) is 0 Å². The van der Waals surface area contributed by atoms with Gasteiger partial charge in [0, 0.05) is 25.2 Å². The molecular weight excluding hydrogens is 440 g/mol. The van der Waals surface area contributed by atoms with Crippen molar-refractivity contribution in [1.29, 1.82) is 0 Å². The number of piperazine rings is 1. The summed E-state index contributed by atoms with van der Waals surface area (Å²) in [6.45, 7) is 8.25. The molecule has 176 valence electrons. The molecule has 4 heterocycles. The van der Waals surface area contributed by atoms with Gasteiger partial charge in [0.05, 0.1) is 23.7 Å². The van der Waals surface area contributed by atoms with Crippen LogP contribution in [0.5, 0.6) is 0 Å². The topological polar surface area (TPSA) is 75.2 Å². The maximum absolute atomic E-state index is 12.7. The van der Waals surface area contributed by atoms with Crippen LogP contribution in [0.25, 0.3) is 0 Å². The average Bonchev–Trinajstić information content (AvgIpc) is 3.41. The molecule has 2 unspecified atom stereocenters. The summed E-state index contributed by atoms with van der Waals surface area (Å²) in [5.74, 6) is 0. The highest BCUT2D eigenvalue weighted by Gasteiger charge is 2.44. The van der Waals surface area contributed by atoms with Crippen LogP contribution in [0.1, 0.15) is 49.7 Å². The van der Waals surface area contributed by atoms with Crippen LogP contribution in [0.3, 0.4) is 0 Å². The Balaban J connectivity index is 1.19. The SMILES string of the molecule is CC(C)(C)OC(=O)N1Cc2nc(N3C4CCC3CN(C(=O)OCc3ccccc3)C4)sc2C1. The Morgan fingerprint density at radius 3 is 2.36 bits per heavy atom. The van der Waals surface area contributed by atoms with Gasteiger partial charge < -0.3 is 19.3 Å². The van der Waals surface area contributed by atoms with Crippen molar-refractivity contribution in [2.45, 2.75) is 71.0 Å². The Morgan fingerprint density at radius 1 is 1.03 bits per heavy atom. The molecule has 1 aromatic heterocycles. The molecule has 2 saturated heterocycles. The van der Waals surface area contributed by atoms with Gasteiger partial charge in [-0.1, -0.05) is 41.7 Å². The monoisotopic (exact) mass is 470 g/mol. The second-order valence-electron chi connectivity index (χ2n) is 9.94. The van der Waals surface area contributed by atoms with Crippen molar-refractivity contribution in [1.82, 2.24) is 14.8 Å². The van der Waals surface area contributed by atoms with Crippen LogP contribution in [0.2, 0.25) is 0 Å². The Hall–Kier alpha value is -2.81. The fourth-order valence-electron chi connectivity index (χ4n) is 4.77. The third kappa shape index (κ3) is 4.64. The third-order valence-corrected chi connectivity index (χ3v) is 7.36. The van der Waals surface area contributed by atoms with Crippen LogP contribution in [0.4, 0.5) is 14.7 Å². The summed E-state index contributed by atoms with van der Waals surface area (Å²) in [7, 11) is 0. The van der Waals surface area contributed by atoms with E-state index in [9.17, 15) is 9.59 Å². The van der Waals surface area contributed by atoms with E-state index in [1.165, 1.54) is 0 Å². The molecule has 2 amide bonds. The zero-order chi connectivity index (χ0) is 23.2. The minimum absolute atomic E-state index is 0.245. The van der Waals surface area contributed by atoms with Gasteiger partial charge in [-0.05, 0) is 39.2 Å². The quantitative estimate of drug-likeness (QED) is 0.663. The van der Waals surface area contributed by atoms with Gasteiger partial charge >= 0.3 is 12.2 Å². The van der Waals surface area contributed by atoms with Crippen molar-refractivity contribution in [3.63, 3.8) is 0 Å². The number of amides is 2. The van der Waals surface area contributed by atoms with E-state index in [-0.39, 0.29) is 24.3 Å². The number of aromatic nitrogens is 1. The molecule has 2 aromatic rings. The lowest BCUT2D eigenvalue weighted by Crippen LogP contribution is -2.55. The Bertz CT molecular complexity index is 997.